The quantitative estimate of drug-likeness (QED) is 0.665. The Morgan fingerprint density at radius 1 is 1.62 bits per heavy atom. The second-order valence-corrected chi connectivity index (χ2v) is 3.24. The van der Waals surface area contributed by atoms with Gasteiger partial charge in [0.15, 0.2) is 0 Å². The van der Waals surface area contributed by atoms with Gasteiger partial charge in [-0.1, -0.05) is 0 Å². The lowest BCUT2D eigenvalue weighted by molar-refractivity contribution is -0.106. The van der Waals surface area contributed by atoms with E-state index in [9.17, 15) is 8.78 Å². The molecule has 1 heterocycles. The van der Waals surface area contributed by atoms with E-state index in [1.54, 1.807) is 0 Å². The molecule has 1 aliphatic rings. The minimum absolute atomic E-state index is 0.167. The predicted molar refractivity (Wildman–Crippen MR) is 40.2 cm³/mol. The van der Waals surface area contributed by atoms with Crippen molar-refractivity contribution in [3.05, 3.63) is 18.0 Å². The van der Waals surface area contributed by atoms with Gasteiger partial charge in [-0.3, -0.25) is 4.68 Å². The summed E-state index contributed by atoms with van der Waals surface area (Å²) in [6.45, 7) is 0. The third kappa shape index (κ3) is 1.39. The van der Waals surface area contributed by atoms with Gasteiger partial charge in [-0.25, -0.2) is 8.78 Å². The fraction of sp³-hybridized carbons (Fsp3) is 0.500. The summed E-state index contributed by atoms with van der Waals surface area (Å²) in [7, 11) is 0. The van der Waals surface area contributed by atoms with Crippen LogP contribution in [-0.4, -0.2) is 15.7 Å². The van der Waals surface area contributed by atoms with Crippen LogP contribution in [0.1, 0.15) is 24.4 Å². The Labute approximate surface area is 73.6 Å². The molecule has 1 aliphatic carbocycles. The fourth-order valence-corrected chi connectivity index (χ4v) is 1.41. The Kier molecular flexibility index (Phi) is 1.59. The number of halogens is 2. The van der Waals surface area contributed by atoms with Gasteiger partial charge in [-0.2, -0.15) is 10.4 Å². The summed E-state index contributed by atoms with van der Waals surface area (Å²) in [5.74, 6) is -2.54. The van der Waals surface area contributed by atoms with Crippen LogP contribution in [0, 0.1) is 11.3 Å². The molecule has 0 amide bonds. The van der Waals surface area contributed by atoms with E-state index >= 15 is 0 Å². The first kappa shape index (κ1) is 8.17. The van der Waals surface area contributed by atoms with Crippen LogP contribution >= 0.6 is 0 Å². The number of nitrogens with zero attached hydrogens (tertiary/aromatic N) is 3. The highest BCUT2D eigenvalue weighted by Crippen LogP contribution is 2.44. The van der Waals surface area contributed by atoms with Crippen LogP contribution in [0.3, 0.4) is 0 Å². The van der Waals surface area contributed by atoms with Crippen LogP contribution in [-0.2, 0) is 0 Å². The number of rotatable bonds is 1. The first-order chi connectivity index (χ1) is 6.11. The van der Waals surface area contributed by atoms with Crippen molar-refractivity contribution >= 4 is 0 Å². The van der Waals surface area contributed by atoms with Crippen LogP contribution < -0.4 is 0 Å². The molecular weight excluding hydrogens is 176 g/mol. The van der Waals surface area contributed by atoms with Gasteiger partial charge in [-0.15, -0.1) is 0 Å². The molecule has 0 aromatic carbocycles. The zero-order valence-electron chi connectivity index (χ0n) is 6.74. The maximum absolute atomic E-state index is 12.5. The van der Waals surface area contributed by atoms with Crippen LogP contribution in [0.25, 0.3) is 0 Å². The third-order valence-corrected chi connectivity index (χ3v) is 2.17. The van der Waals surface area contributed by atoms with Gasteiger partial charge < -0.3 is 0 Å². The van der Waals surface area contributed by atoms with Gasteiger partial charge in [0.25, 0.3) is 5.92 Å². The van der Waals surface area contributed by atoms with Crippen LogP contribution in [0.4, 0.5) is 8.78 Å². The first-order valence-corrected chi connectivity index (χ1v) is 3.93. The van der Waals surface area contributed by atoms with E-state index in [2.05, 4.69) is 5.10 Å². The lowest BCUT2D eigenvalue weighted by Crippen LogP contribution is -2.37. The molecule has 1 aromatic heterocycles. The topological polar surface area (TPSA) is 41.6 Å². The predicted octanol–water partition coefficient (Wildman–Crippen LogP) is 1.72. The molecule has 3 nitrogen and oxygen atoms in total. The zero-order chi connectivity index (χ0) is 9.47. The Balaban J connectivity index is 2.08. The van der Waals surface area contributed by atoms with Gasteiger partial charge >= 0.3 is 0 Å². The summed E-state index contributed by atoms with van der Waals surface area (Å²) in [4.78, 5) is 0. The minimum atomic E-state index is -2.54. The summed E-state index contributed by atoms with van der Waals surface area (Å²) in [5.41, 5.74) is 0.412. The highest BCUT2D eigenvalue weighted by molar-refractivity contribution is 5.22. The summed E-state index contributed by atoms with van der Waals surface area (Å²) < 4.78 is 26.4. The average Bonchev–Trinajstić information content (AvgIpc) is 2.47. The molecule has 1 saturated carbocycles. The first-order valence-electron chi connectivity index (χ1n) is 3.93. The van der Waals surface area contributed by atoms with Crippen molar-refractivity contribution in [2.75, 3.05) is 0 Å². The number of aromatic nitrogens is 2. The molecule has 0 saturated heterocycles. The van der Waals surface area contributed by atoms with E-state index in [-0.39, 0.29) is 18.9 Å². The normalized spacial score (nSPS) is 20.7. The lowest BCUT2D eigenvalue weighted by atomic mass is 9.88. The minimum Gasteiger partial charge on any atom is -0.268 e. The fourth-order valence-electron chi connectivity index (χ4n) is 1.41. The van der Waals surface area contributed by atoms with Crippen molar-refractivity contribution in [3.8, 4) is 6.07 Å². The molecule has 13 heavy (non-hydrogen) atoms. The van der Waals surface area contributed by atoms with Gasteiger partial charge in [0, 0.05) is 19.0 Å². The van der Waals surface area contributed by atoms with Crippen molar-refractivity contribution in [2.45, 2.75) is 24.8 Å². The van der Waals surface area contributed by atoms with Crippen LogP contribution in [0.2, 0.25) is 0 Å². The van der Waals surface area contributed by atoms with Crippen molar-refractivity contribution in [3.63, 3.8) is 0 Å². The summed E-state index contributed by atoms with van der Waals surface area (Å²) in [6, 6.07) is 1.66. The SMILES string of the molecule is N#Cc1cnn(C2CC(F)(F)C2)c1. The van der Waals surface area contributed by atoms with Crippen molar-refractivity contribution in [1.29, 1.82) is 5.26 Å². The number of hydrogen-bond acceptors (Lipinski definition) is 2. The number of nitriles is 1. The van der Waals surface area contributed by atoms with E-state index in [1.165, 1.54) is 17.1 Å². The molecule has 2 rings (SSSR count). The molecule has 1 fully saturated rings. The van der Waals surface area contributed by atoms with Crippen LogP contribution in [0.15, 0.2) is 12.4 Å². The molecule has 0 bridgehead atoms. The molecule has 1 aromatic rings. The van der Waals surface area contributed by atoms with E-state index < -0.39 is 5.92 Å². The Bertz CT molecular complexity index is 356. The molecule has 0 spiro atoms. The molecule has 0 unspecified atom stereocenters. The van der Waals surface area contributed by atoms with Gasteiger partial charge in [0.05, 0.1) is 17.8 Å². The van der Waals surface area contributed by atoms with Crippen molar-refractivity contribution in [1.82, 2.24) is 9.78 Å². The second-order valence-electron chi connectivity index (χ2n) is 3.24. The summed E-state index contributed by atoms with van der Waals surface area (Å²) in [5, 5.41) is 12.3. The Morgan fingerprint density at radius 2 is 2.31 bits per heavy atom. The monoisotopic (exact) mass is 183 g/mol. The molecule has 0 atom stereocenters. The maximum atomic E-state index is 12.5. The van der Waals surface area contributed by atoms with E-state index in [0.717, 1.165) is 0 Å². The lowest BCUT2D eigenvalue weighted by Gasteiger charge is -2.34. The number of alkyl halides is 2. The Morgan fingerprint density at radius 3 is 2.77 bits per heavy atom. The van der Waals surface area contributed by atoms with Gasteiger partial charge in [0.1, 0.15) is 6.07 Å². The molecule has 5 heteroatoms. The van der Waals surface area contributed by atoms with E-state index in [4.69, 9.17) is 5.26 Å². The molecule has 0 N–H and O–H groups in total. The highest BCUT2D eigenvalue weighted by atomic mass is 19.3. The average molecular weight is 183 g/mol. The Hall–Kier alpha value is -1.44. The van der Waals surface area contributed by atoms with Gasteiger partial charge in [-0.05, 0) is 0 Å². The van der Waals surface area contributed by atoms with Crippen molar-refractivity contribution < 1.29 is 8.78 Å². The highest BCUT2D eigenvalue weighted by Gasteiger charge is 2.46. The maximum Gasteiger partial charge on any atom is 0.252 e. The zero-order valence-corrected chi connectivity index (χ0v) is 6.74. The number of hydrogen-bond donors (Lipinski definition) is 0. The second kappa shape index (κ2) is 2.52. The van der Waals surface area contributed by atoms with E-state index in [1.807, 2.05) is 6.07 Å². The smallest absolute Gasteiger partial charge is 0.252 e. The summed E-state index contributed by atoms with van der Waals surface area (Å²) in [6.07, 6.45) is 2.55. The van der Waals surface area contributed by atoms with Gasteiger partial charge in [0.2, 0.25) is 0 Å². The summed E-state index contributed by atoms with van der Waals surface area (Å²) >= 11 is 0. The van der Waals surface area contributed by atoms with Crippen molar-refractivity contribution in [2.24, 2.45) is 0 Å². The van der Waals surface area contributed by atoms with Crippen LogP contribution in [0.5, 0.6) is 0 Å². The van der Waals surface area contributed by atoms with E-state index in [0.29, 0.717) is 5.56 Å². The largest absolute Gasteiger partial charge is 0.268 e. The standard InChI is InChI=1S/C8H7F2N3/c9-8(10)1-7(2-8)13-5-6(3-11)4-12-13/h4-5,7H,1-2H2. The molecular formula is C8H7F2N3. The molecule has 0 aliphatic heterocycles. The molecule has 68 valence electrons. The molecule has 0 radical (unpaired) electrons. The third-order valence-electron chi connectivity index (χ3n) is 2.17.